The first kappa shape index (κ1) is 27.0. The molecule has 1 aromatic carbocycles. The second kappa shape index (κ2) is 10.7. The predicted molar refractivity (Wildman–Crippen MR) is 132 cm³/mol. The molecule has 11 nitrogen and oxygen atoms in total. The van der Waals surface area contributed by atoms with Crippen molar-refractivity contribution in [2.45, 2.75) is 76.3 Å². The fourth-order valence-corrected chi connectivity index (χ4v) is 4.74. The third-order valence-electron chi connectivity index (χ3n) is 7.09. The molecule has 2 aromatic heterocycles. The Morgan fingerprint density at radius 2 is 1.93 bits per heavy atom. The molecule has 1 saturated heterocycles. The number of H-pyrrole nitrogens is 1. The van der Waals surface area contributed by atoms with Gasteiger partial charge in [-0.1, -0.05) is 11.2 Å². The van der Waals surface area contributed by atoms with Crippen LogP contribution in [-0.4, -0.2) is 74.2 Å². The highest BCUT2D eigenvalue weighted by Crippen LogP contribution is 2.46. The van der Waals surface area contributed by atoms with Gasteiger partial charge in [0.15, 0.2) is 11.8 Å². The Morgan fingerprint density at radius 3 is 2.50 bits per heavy atom. The van der Waals surface area contributed by atoms with E-state index < -0.39 is 61.1 Å². The number of aromatic nitrogens is 4. The zero-order valence-electron chi connectivity index (χ0n) is 24.3. The summed E-state index contributed by atoms with van der Waals surface area (Å²) >= 11 is 0. The molecular weight excluding hydrogens is 576 g/mol. The van der Waals surface area contributed by atoms with Crippen molar-refractivity contribution in [3.8, 4) is 0 Å². The van der Waals surface area contributed by atoms with E-state index in [2.05, 4.69) is 30.2 Å². The van der Waals surface area contributed by atoms with Crippen molar-refractivity contribution in [3.05, 3.63) is 41.0 Å². The van der Waals surface area contributed by atoms with Gasteiger partial charge in [0.1, 0.15) is 23.6 Å². The largest absolute Gasteiger partial charge is 0.414 e. The van der Waals surface area contributed by atoms with Crippen molar-refractivity contribution in [2.75, 3.05) is 6.50 Å². The first-order valence-electron chi connectivity index (χ1n) is 13.9. The molecule has 1 aliphatic carbocycles. The summed E-state index contributed by atoms with van der Waals surface area (Å²) < 4.78 is 107. The molecule has 3 aromatic rings. The van der Waals surface area contributed by atoms with Crippen LogP contribution in [0.25, 0.3) is 11.0 Å². The Bertz CT molecular complexity index is 1560. The summed E-state index contributed by atoms with van der Waals surface area (Å²) in [6, 6.07) is -1.84. The molecule has 2 fully saturated rings. The van der Waals surface area contributed by atoms with Crippen LogP contribution in [0.2, 0.25) is 0 Å². The van der Waals surface area contributed by atoms with Gasteiger partial charge in [0.05, 0.1) is 32.4 Å². The molecule has 228 valence electrons. The number of hydrogen-bond acceptors (Lipinski definition) is 7. The molecule has 0 radical (unpaired) electrons. The number of rotatable bonds is 9. The molecule has 5 atom stereocenters. The first-order valence-corrected chi connectivity index (χ1v) is 12.9. The molecule has 3 N–H and O–H groups in total. The van der Waals surface area contributed by atoms with E-state index in [0.717, 1.165) is 6.92 Å². The molecule has 1 aliphatic heterocycles. The second-order valence-corrected chi connectivity index (χ2v) is 10.3. The van der Waals surface area contributed by atoms with Crippen molar-refractivity contribution >= 4 is 23.0 Å². The molecule has 17 heteroatoms. The molecule has 3 heterocycles. The topological polar surface area (TPSA) is 138 Å². The number of urea groups is 1. The monoisotopic (exact) mass is 605 g/mol. The Balaban J connectivity index is 1.50. The number of ether oxygens (including phenoxy) is 1. The van der Waals surface area contributed by atoms with Crippen LogP contribution in [-0.2, 0) is 4.74 Å². The van der Waals surface area contributed by atoms with Gasteiger partial charge >= 0.3 is 18.4 Å². The van der Waals surface area contributed by atoms with Crippen LogP contribution >= 0.6 is 0 Å². The summed E-state index contributed by atoms with van der Waals surface area (Å²) in [4.78, 5) is 33.6. The quantitative estimate of drug-likeness (QED) is 0.306. The molecule has 3 amide bonds. The van der Waals surface area contributed by atoms with Gasteiger partial charge in [-0.25, -0.2) is 14.4 Å². The smallest absolute Gasteiger partial charge is 0.364 e. The SMILES string of the molecule is [2H]C1([2H])[C@@H](C(F)(F)F)NC(=O)N1[C@@H](c1ccc2[nH]c([C@@H](NC(=O)c3nonc3C)[C@@H](C)O[C@H](C)C(F)(F)F)nc2c1)C1CC1. The van der Waals surface area contributed by atoms with Crippen molar-refractivity contribution in [3.63, 3.8) is 0 Å². The lowest BCUT2D eigenvalue weighted by Gasteiger charge is -2.27. The van der Waals surface area contributed by atoms with Gasteiger partial charge in [0.25, 0.3) is 5.91 Å². The normalized spacial score (nSPS) is 22.7. The Hall–Kier alpha value is -3.89. The number of aromatic amines is 1. The number of nitrogens with zero attached hydrogens (tertiary/aromatic N) is 4. The maximum atomic E-state index is 13.6. The van der Waals surface area contributed by atoms with Crippen molar-refractivity contribution in [2.24, 2.45) is 5.92 Å². The van der Waals surface area contributed by atoms with Gasteiger partial charge in [-0.05, 0) is 62.4 Å². The second-order valence-electron chi connectivity index (χ2n) is 10.3. The van der Waals surface area contributed by atoms with Crippen LogP contribution in [0.3, 0.4) is 0 Å². The number of carbonyl (C=O) groups is 2. The highest BCUT2D eigenvalue weighted by Gasteiger charge is 2.51. The Labute approximate surface area is 237 Å². The van der Waals surface area contributed by atoms with Gasteiger partial charge in [0, 0.05) is 0 Å². The fourth-order valence-electron chi connectivity index (χ4n) is 4.74. The summed E-state index contributed by atoms with van der Waals surface area (Å²) in [6.45, 7) is 0.444. The minimum Gasteiger partial charge on any atom is -0.364 e. The lowest BCUT2D eigenvalue weighted by Crippen LogP contribution is -2.41. The molecule has 42 heavy (non-hydrogen) atoms. The van der Waals surface area contributed by atoms with Crippen LogP contribution in [0.15, 0.2) is 22.8 Å². The van der Waals surface area contributed by atoms with Gasteiger partial charge in [-0.3, -0.25) is 4.79 Å². The van der Waals surface area contributed by atoms with Gasteiger partial charge in [-0.2, -0.15) is 26.3 Å². The number of hydrogen-bond donors (Lipinski definition) is 3. The first-order chi connectivity index (χ1) is 20.4. The number of imidazole rings is 1. The minimum absolute atomic E-state index is 0.0177. The zero-order valence-corrected chi connectivity index (χ0v) is 22.3. The van der Waals surface area contributed by atoms with Crippen LogP contribution in [0.4, 0.5) is 31.1 Å². The Morgan fingerprint density at radius 1 is 1.21 bits per heavy atom. The molecule has 0 bridgehead atoms. The molecular formula is C25H27F6N7O4. The average Bonchev–Trinajstić information content (AvgIpc) is 3.42. The standard InChI is InChI=1S/C25H27F6N7O4/c1-10-18(37-42-36-10)22(39)35-19(11(2)41-12(3)24(26,27)28)21-32-15-7-6-14(8-16(15)33-21)20(13-4-5-13)38-9-17(25(29,30)31)34-23(38)40/h6-8,11-13,17,19-20H,4-5,9H2,1-3H3,(H,32,33)(H,34,40)(H,35,39)/t11-,12-,17+,19+,20-/m1/s1/i9D2. The average molecular weight is 606 g/mol. The van der Waals surface area contributed by atoms with Crippen molar-refractivity contribution in [1.82, 2.24) is 35.8 Å². The maximum Gasteiger partial charge on any atom is 0.414 e. The summed E-state index contributed by atoms with van der Waals surface area (Å²) in [5.74, 6) is -1.17. The molecule has 0 spiro atoms. The van der Waals surface area contributed by atoms with Gasteiger partial charge < -0.3 is 25.3 Å². The van der Waals surface area contributed by atoms with E-state index in [0.29, 0.717) is 28.8 Å². The molecule has 5 rings (SSSR count). The van der Waals surface area contributed by atoms with Crippen LogP contribution in [0.1, 0.15) is 69.1 Å². The fraction of sp³-hybridized carbons (Fsp3) is 0.560. The highest BCUT2D eigenvalue weighted by molar-refractivity contribution is 5.93. The number of alkyl halides is 6. The number of halogens is 6. The molecule has 0 unspecified atom stereocenters. The van der Waals surface area contributed by atoms with E-state index in [-0.39, 0.29) is 28.6 Å². The molecule has 1 saturated carbocycles. The van der Waals surface area contributed by atoms with E-state index in [1.165, 1.54) is 32.0 Å². The summed E-state index contributed by atoms with van der Waals surface area (Å²) in [6.07, 6.45) is -12.2. The maximum absolute atomic E-state index is 13.6. The number of nitrogens with one attached hydrogen (secondary N) is 3. The van der Waals surface area contributed by atoms with E-state index in [4.69, 9.17) is 7.48 Å². The van der Waals surface area contributed by atoms with E-state index in [1.54, 1.807) is 5.32 Å². The molecule has 2 aliphatic rings. The summed E-state index contributed by atoms with van der Waals surface area (Å²) in [7, 11) is 0. The van der Waals surface area contributed by atoms with Crippen LogP contribution in [0.5, 0.6) is 0 Å². The summed E-state index contributed by atoms with van der Waals surface area (Å²) in [5.41, 5.74) is 0.754. The number of benzene rings is 1. The van der Waals surface area contributed by atoms with Crippen LogP contribution < -0.4 is 10.6 Å². The van der Waals surface area contributed by atoms with E-state index >= 15 is 0 Å². The van der Waals surface area contributed by atoms with Crippen molar-refractivity contribution in [1.29, 1.82) is 0 Å². The number of amides is 3. The highest BCUT2D eigenvalue weighted by atomic mass is 19.4. The lowest BCUT2D eigenvalue weighted by atomic mass is 10.00. The number of aryl methyl sites for hydroxylation is 1. The predicted octanol–water partition coefficient (Wildman–Crippen LogP) is 4.49. The summed E-state index contributed by atoms with van der Waals surface area (Å²) in [5, 5.41) is 11.3. The van der Waals surface area contributed by atoms with Gasteiger partial charge in [0.2, 0.25) is 0 Å². The Kier molecular flexibility index (Phi) is 6.90. The minimum atomic E-state index is -5.04. The van der Waals surface area contributed by atoms with Crippen LogP contribution in [0, 0.1) is 12.8 Å². The third-order valence-corrected chi connectivity index (χ3v) is 7.09. The number of carbonyl (C=O) groups excluding carboxylic acids is 2. The number of fused-ring (bicyclic) bond motifs is 1. The third kappa shape index (κ3) is 6.00. The van der Waals surface area contributed by atoms with Gasteiger partial charge in [-0.15, -0.1) is 0 Å². The van der Waals surface area contributed by atoms with E-state index in [9.17, 15) is 35.9 Å². The lowest BCUT2D eigenvalue weighted by molar-refractivity contribution is -0.227. The van der Waals surface area contributed by atoms with E-state index in [1.807, 2.05) is 0 Å². The van der Waals surface area contributed by atoms with Crippen molar-refractivity contribution < 1.29 is 48.0 Å². The zero-order chi connectivity index (χ0) is 32.4.